The number of carbonyl (C=O) groups is 1. The van der Waals surface area contributed by atoms with Gasteiger partial charge in [0.25, 0.3) is 5.91 Å². The molecule has 0 saturated heterocycles. The van der Waals surface area contributed by atoms with Crippen LogP contribution in [0.3, 0.4) is 0 Å². The van der Waals surface area contributed by atoms with Crippen molar-refractivity contribution in [1.82, 2.24) is 20.0 Å². The Morgan fingerprint density at radius 1 is 1.22 bits per heavy atom. The number of carbonyl (C=O) groups excluding carboxylic acids is 1. The van der Waals surface area contributed by atoms with E-state index in [1.807, 2.05) is 0 Å². The maximum absolute atomic E-state index is 14.5. The molecule has 0 aliphatic heterocycles. The van der Waals surface area contributed by atoms with E-state index in [2.05, 4.69) is 20.0 Å². The summed E-state index contributed by atoms with van der Waals surface area (Å²) in [5, 5.41) is 2.82. The zero-order valence-electron chi connectivity index (χ0n) is 19.0. The minimum atomic E-state index is -4.81. The van der Waals surface area contributed by atoms with Gasteiger partial charge in [0, 0.05) is 23.7 Å². The van der Waals surface area contributed by atoms with Crippen molar-refractivity contribution in [3.05, 3.63) is 41.8 Å². The standard InChI is InChI=1S/C22H20F6N4O4S/c1-10(22(26,27)28)32-37(34,35)12-5-6-15(29-9-12)19-18(20(33)30-11-3-2-4-11)13-7-14(23)17(36-21(24)25)8-16(13)31-19/h5-11,21,31-32H,2-4H2,1H3,(H,30,33)/t10-/m0/s1. The molecule has 15 heteroatoms. The van der Waals surface area contributed by atoms with Gasteiger partial charge in [-0.15, -0.1) is 0 Å². The normalized spacial score (nSPS) is 15.6. The van der Waals surface area contributed by atoms with E-state index in [9.17, 15) is 39.6 Å². The van der Waals surface area contributed by atoms with Gasteiger partial charge in [-0.1, -0.05) is 0 Å². The number of halogens is 6. The number of nitrogens with one attached hydrogen (secondary N) is 3. The number of aromatic amines is 1. The fraction of sp³-hybridized carbons (Fsp3) is 0.364. The highest BCUT2D eigenvalue weighted by atomic mass is 32.2. The first-order valence-corrected chi connectivity index (χ1v) is 12.4. The van der Waals surface area contributed by atoms with Crippen molar-refractivity contribution in [3.63, 3.8) is 0 Å². The van der Waals surface area contributed by atoms with Crippen LogP contribution in [0, 0.1) is 5.82 Å². The van der Waals surface area contributed by atoms with Crippen molar-refractivity contribution in [2.75, 3.05) is 0 Å². The maximum Gasteiger partial charge on any atom is 0.404 e. The zero-order chi connectivity index (χ0) is 27.1. The molecule has 4 rings (SSSR count). The molecule has 37 heavy (non-hydrogen) atoms. The smallest absolute Gasteiger partial charge is 0.404 e. The highest BCUT2D eigenvalue weighted by Gasteiger charge is 2.39. The lowest BCUT2D eigenvalue weighted by Crippen LogP contribution is -2.42. The van der Waals surface area contributed by atoms with E-state index < -0.39 is 51.2 Å². The van der Waals surface area contributed by atoms with Crippen LogP contribution in [0.25, 0.3) is 22.3 Å². The lowest BCUT2D eigenvalue weighted by molar-refractivity contribution is -0.147. The number of pyridine rings is 1. The summed E-state index contributed by atoms with van der Waals surface area (Å²) in [6.07, 6.45) is -1.63. The van der Waals surface area contributed by atoms with Crippen LogP contribution >= 0.6 is 0 Å². The van der Waals surface area contributed by atoms with E-state index in [-0.39, 0.29) is 33.9 Å². The number of hydrogen-bond acceptors (Lipinski definition) is 5. The SMILES string of the molecule is C[C@H](NS(=O)(=O)c1ccc(-c2[nH]c3cc(OC(F)F)c(F)cc3c2C(=O)NC2CCC2)nc1)C(F)(F)F. The van der Waals surface area contributed by atoms with Crippen molar-refractivity contribution < 1.29 is 44.3 Å². The Kier molecular flexibility index (Phi) is 7.12. The van der Waals surface area contributed by atoms with E-state index in [0.717, 1.165) is 49.7 Å². The van der Waals surface area contributed by atoms with Crippen LogP contribution in [-0.2, 0) is 10.0 Å². The summed E-state index contributed by atoms with van der Waals surface area (Å²) in [6.45, 7) is -2.66. The number of amides is 1. The van der Waals surface area contributed by atoms with Gasteiger partial charge in [0.15, 0.2) is 11.6 Å². The lowest BCUT2D eigenvalue weighted by atomic mass is 9.92. The van der Waals surface area contributed by atoms with Crippen molar-refractivity contribution in [1.29, 1.82) is 0 Å². The molecule has 1 fully saturated rings. The van der Waals surface area contributed by atoms with Gasteiger partial charge in [-0.2, -0.15) is 26.7 Å². The Bertz CT molecular complexity index is 1420. The summed E-state index contributed by atoms with van der Waals surface area (Å²) in [6, 6.07) is 1.46. The van der Waals surface area contributed by atoms with Gasteiger partial charge in [0.2, 0.25) is 10.0 Å². The molecule has 2 heterocycles. The van der Waals surface area contributed by atoms with Crippen molar-refractivity contribution in [3.8, 4) is 17.1 Å². The summed E-state index contributed by atoms with van der Waals surface area (Å²) >= 11 is 0. The average Bonchev–Trinajstić information content (AvgIpc) is 3.13. The summed E-state index contributed by atoms with van der Waals surface area (Å²) in [5.74, 6) is -2.51. The molecule has 0 spiro atoms. The highest BCUT2D eigenvalue weighted by molar-refractivity contribution is 7.89. The fourth-order valence-corrected chi connectivity index (χ4v) is 4.85. The number of benzene rings is 1. The Morgan fingerprint density at radius 2 is 1.92 bits per heavy atom. The Labute approximate surface area is 206 Å². The number of sulfonamides is 1. The third-order valence-corrected chi connectivity index (χ3v) is 7.39. The number of aromatic nitrogens is 2. The monoisotopic (exact) mass is 550 g/mol. The van der Waals surface area contributed by atoms with Crippen molar-refractivity contribution in [2.24, 2.45) is 0 Å². The molecular weight excluding hydrogens is 530 g/mol. The van der Waals surface area contributed by atoms with Crippen LogP contribution in [0.1, 0.15) is 36.5 Å². The van der Waals surface area contributed by atoms with Crippen LogP contribution in [0.2, 0.25) is 0 Å². The second kappa shape index (κ2) is 9.85. The quantitative estimate of drug-likeness (QED) is 0.358. The largest absolute Gasteiger partial charge is 0.432 e. The van der Waals surface area contributed by atoms with Crippen LogP contribution in [0.5, 0.6) is 5.75 Å². The van der Waals surface area contributed by atoms with Crippen molar-refractivity contribution in [2.45, 2.75) is 56.0 Å². The number of hydrogen-bond donors (Lipinski definition) is 3. The van der Waals surface area contributed by atoms with Gasteiger partial charge >= 0.3 is 12.8 Å². The van der Waals surface area contributed by atoms with Crippen molar-refractivity contribution >= 4 is 26.8 Å². The van der Waals surface area contributed by atoms with Crippen LogP contribution in [-0.4, -0.2) is 49.2 Å². The Morgan fingerprint density at radius 3 is 2.46 bits per heavy atom. The topological polar surface area (TPSA) is 113 Å². The molecular formula is C22H20F6N4O4S. The molecule has 1 saturated carbocycles. The first kappa shape index (κ1) is 26.7. The number of fused-ring (bicyclic) bond motifs is 1. The highest BCUT2D eigenvalue weighted by Crippen LogP contribution is 2.34. The minimum absolute atomic E-state index is 0.00508. The zero-order valence-corrected chi connectivity index (χ0v) is 19.8. The molecule has 0 unspecified atom stereocenters. The lowest BCUT2D eigenvalue weighted by Gasteiger charge is -2.26. The van der Waals surface area contributed by atoms with Crippen LogP contribution < -0.4 is 14.8 Å². The van der Waals surface area contributed by atoms with Gasteiger partial charge in [-0.3, -0.25) is 9.78 Å². The molecule has 1 aliphatic carbocycles. The third kappa shape index (κ3) is 5.66. The Balaban J connectivity index is 1.75. The molecule has 200 valence electrons. The second-order valence-electron chi connectivity index (χ2n) is 8.45. The van der Waals surface area contributed by atoms with E-state index in [0.29, 0.717) is 6.92 Å². The molecule has 3 N–H and O–H groups in total. The molecule has 0 bridgehead atoms. The number of ether oxygens (including phenoxy) is 1. The van der Waals surface area contributed by atoms with Gasteiger partial charge < -0.3 is 15.0 Å². The molecule has 1 aliphatic rings. The van der Waals surface area contributed by atoms with Crippen LogP contribution in [0.4, 0.5) is 26.3 Å². The summed E-state index contributed by atoms with van der Waals surface area (Å²) in [7, 11) is -4.59. The predicted molar refractivity (Wildman–Crippen MR) is 119 cm³/mol. The van der Waals surface area contributed by atoms with E-state index in [4.69, 9.17) is 0 Å². The number of rotatable bonds is 8. The third-order valence-electron chi connectivity index (χ3n) is 5.86. The average molecular weight is 550 g/mol. The molecule has 3 aromatic rings. The fourth-order valence-electron chi connectivity index (χ4n) is 3.67. The molecule has 2 aromatic heterocycles. The first-order chi connectivity index (χ1) is 17.3. The van der Waals surface area contributed by atoms with Gasteiger partial charge in [0.1, 0.15) is 10.9 Å². The molecule has 8 nitrogen and oxygen atoms in total. The maximum atomic E-state index is 14.5. The molecule has 1 amide bonds. The summed E-state index contributed by atoms with van der Waals surface area (Å²) in [4.78, 5) is 19.3. The van der Waals surface area contributed by atoms with E-state index in [1.165, 1.54) is 4.72 Å². The van der Waals surface area contributed by atoms with E-state index in [1.54, 1.807) is 0 Å². The summed E-state index contributed by atoms with van der Waals surface area (Å²) < 4.78 is 108. The van der Waals surface area contributed by atoms with E-state index >= 15 is 0 Å². The Hall–Kier alpha value is -3.33. The summed E-state index contributed by atoms with van der Waals surface area (Å²) in [5.41, 5.74) is -0.00296. The second-order valence-corrected chi connectivity index (χ2v) is 10.2. The van der Waals surface area contributed by atoms with Crippen LogP contribution in [0.15, 0.2) is 35.4 Å². The minimum Gasteiger partial charge on any atom is -0.432 e. The molecule has 0 radical (unpaired) electrons. The first-order valence-electron chi connectivity index (χ1n) is 10.9. The number of H-pyrrole nitrogens is 1. The molecule has 1 atom stereocenters. The molecule has 1 aromatic carbocycles. The number of nitrogens with zero attached hydrogens (tertiary/aromatic N) is 1. The van der Waals surface area contributed by atoms with Gasteiger partial charge in [-0.05, 0) is 44.4 Å². The van der Waals surface area contributed by atoms with Gasteiger partial charge in [0.05, 0.1) is 22.5 Å². The van der Waals surface area contributed by atoms with Gasteiger partial charge in [-0.25, -0.2) is 12.8 Å². The number of alkyl halides is 5. The predicted octanol–water partition coefficient (Wildman–Crippen LogP) is 4.48.